The van der Waals surface area contributed by atoms with Gasteiger partial charge >= 0.3 is 0 Å². The van der Waals surface area contributed by atoms with E-state index in [0.29, 0.717) is 12.5 Å². The maximum atomic E-state index is 5.70. The quantitative estimate of drug-likeness (QED) is 0.861. The predicted molar refractivity (Wildman–Crippen MR) is 75.2 cm³/mol. The smallest absolute Gasteiger partial charge is 0.213 e. The highest BCUT2D eigenvalue weighted by molar-refractivity contribution is 5.24. The summed E-state index contributed by atoms with van der Waals surface area (Å²) in [6.45, 7) is 3.39. The Kier molecular flexibility index (Phi) is 4.86. The molecule has 0 fully saturated rings. The van der Waals surface area contributed by atoms with E-state index in [0.717, 1.165) is 24.4 Å². The molecule has 0 aliphatic carbocycles. The number of rotatable bonds is 6. The van der Waals surface area contributed by atoms with Crippen LogP contribution in [0.4, 0.5) is 0 Å². The van der Waals surface area contributed by atoms with Gasteiger partial charge < -0.3 is 10.1 Å². The molecule has 0 saturated heterocycles. The lowest BCUT2D eigenvalue weighted by atomic mass is 10.2. The zero-order valence-electron chi connectivity index (χ0n) is 11.4. The van der Waals surface area contributed by atoms with E-state index in [-0.39, 0.29) is 0 Å². The van der Waals surface area contributed by atoms with E-state index in [1.165, 1.54) is 5.56 Å². The van der Waals surface area contributed by atoms with Crippen molar-refractivity contribution < 1.29 is 4.74 Å². The molecule has 0 radical (unpaired) electrons. The van der Waals surface area contributed by atoms with Crippen LogP contribution in [0.2, 0.25) is 0 Å². The van der Waals surface area contributed by atoms with Crippen LogP contribution < -0.4 is 10.1 Å². The lowest BCUT2D eigenvalue weighted by Gasteiger charge is -2.08. The monoisotopic (exact) mass is 257 g/mol. The Morgan fingerprint density at radius 1 is 1.26 bits per heavy atom. The number of pyridine rings is 2. The summed E-state index contributed by atoms with van der Waals surface area (Å²) in [5, 5.41) is 3.13. The number of nitrogens with zero attached hydrogens (tertiary/aromatic N) is 2. The Balaban J connectivity index is 1.92. The minimum Gasteiger partial charge on any atom is -0.477 e. The average Bonchev–Trinajstić information content (AvgIpc) is 2.40. The first kappa shape index (κ1) is 13.5. The minimum atomic E-state index is 0.590. The van der Waals surface area contributed by atoms with Gasteiger partial charge in [-0.1, -0.05) is 6.07 Å². The maximum absolute atomic E-state index is 5.70. The molecule has 0 bridgehead atoms. The normalized spacial score (nSPS) is 10.4. The highest BCUT2D eigenvalue weighted by atomic mass is 16.5. The number of aromatic nitrogens is 2. The molecular weight excluding hydrogens is 238 g/mol. The van der Waals surface area contributed by atoms with Crippen molar-refractivity contribution in [2.75, 3.05) is 13.7 Å². The van der Waals surface area contributed by atoms with Crippen molar-refractivity contribution in [1.29, 1.82) is 0 Å². The molecule has 0 spiro atoms. The van der Waals surface area contributed by atoms with E-state index in [2.05, 4.69) is 21.4 Å². The summed E-state index contributed by atoms with van der Waals surface area (Å²) in [5.74, 6) is 0.682. The molecule has 2 aromatic heterocycles. The first-order valence-corrected chi connectivity index (χ1v) is 6.43. The van der Waals surface area contributed by atoms with Crippen LogP contribution in [0.3, 0.4) is 0 Å². The van der Waals surface area contributed by atoms with Crippen molar-refractivity contribution in [3.63, 3.8) is 0 Å². The number of hydrogen-bond acceptors (Lipinski definition) is 4. The first-order chi connectivity index (χ1) is 9.28. The van der Waals surface area contributed by atoms with Gasteiger partial charge in [0.05, 0.1) is 6.61 Å². The minimum absolute atomic E-state index is 0.590. The molecule has 0 aromatic carbocycles. The molecule has 19 heavy (non-hydrogen) atoms. The van der Waals surface area contributed by atoms with Crippen LogP contribution in [0, 0.1) is 6.92 Å². The third kappa shape index (κ3) is 4.34. The van der Waals surface area contributed by atoms with Crippen LogP contribution >= 0.6 is 0 Å². The van der Waals surface area contributed by atoms with Gasteiger partial charge in [-0.3, -0.25) is 4.98 Å². The molecule has 0 unspecified atom stereocenters. The number of hydrogen-bond donors (Lipinski definition) is 1. The van der Waals surface area contributed by atoms with Gasteiger partial charge in [-0.2, -0.15) is 0 Å². The third-order valence-electron chi connectivity index (χ3n) is 2.70. The van der Waals surface area contributed by atoms with E-state index in [4.69, 9.17) is 4.74 Å². The molecule has 1 N–H and O–H groups in total. The summed E-state index contributed by atoms with van der Waals surface area (Å²) in [6.07, 6.45) is 2.59. The van der Waals surface area contributed by atoms with E-state index >= 15 is 0 Å². The largest absolute Gasteiger partial charge is 0.477 e. The number of nitrogens with one attached hydrogen (secondary N) is 1. The van der Waals surface area contributed by atoms with Crippen molar-refractivity contribution in [3.05, 3.63) is 53.5 Å². The van der Waals surface area contributed by atoms with Crippen LogP contribution in [0.15, 0.2) is 36.5 Å². The predicted octanol–water partition coefficient (Wildman–Crippen LogP) is 2.13. The molecule has 4 nitrogen and oxygen atoms in total. The van der Waals surface area contributed by atoms with Gasteiger partial charge in [-0.15, -0.1) is 0 Å². The molecule has 100 valence electrons. The van der Waals surface area contributed by atoms with Crippen molar-refractivity contribution in [2.45, 2.75) is 19.9 Å². The van der Waals surface area contributed by atoms with Crippen LogP contribution in [0.1, 0.15) is 17.0 Å². The molecular formula is C15H19N3O. The molecule has 2 heterocycles. The van der Waals surface area contributed by atoms with Crippen molar-refractivity contribution >= 4 is 0 Å². The van der Waals surface area contributed by atoms with Crippen molar-refractivity contribution in [2.24, 2.45) is 0 Å². The molecule has 0 aliphatic heterocycles. The van der Waals surface area contributed by atoms with Gasteiger partial charge in [0.25, 0.3) is 0 Å². The van der Waals surface area contributed by atoms with Gasteiger partial charge in [0.15, 0.2) is 0 Å². The SMILES string of the molecule is CNCc1cc(C)nc(OCCc2ccccn2)c1. The Morgan fingerprint density at radius 3 is 2.89 bits per heavy atom. The lowest BCUT2D eigenvalue weighted by Crippen LogP contribution is -2.08. The third-order valence-corrected chi connectivity index (χ3v) is 2.70. The summed E-state index contributed by atoms with van der Waals surface area (Å²) >= 11 is 0. The van der Waals surface area contributed by atoms with Gasteiger partial charge in [-0.25, -0.2) is 4.98 Å². The standard InChI is InChI=1S/C15H19N3O/c1-12-9-13(11-16-2)10-15(18-12)19-8-6-14-5-3-4-7-17-14/h3-5,7,9-10,16H,6,8,11H2,1-2H3. The lowest BCUT2D eigenvalue weighted by molar-refractivity contribution is 0.307. The van der Waals surface area contributed by atoms with Crippen LogP contribution in [0.25, 0.3) is 0 Å². The Labute approximate surface area is 113 Å². The van der Waals surface area contributed by atoms with Crippen LogP contribution in [-0.2, 0) is 13.0 Å². The number of aryl methyl sites for hydroxylation is 1. The van der Waals surface area contributed by atoms with E-state index in [9.17, 15) is 0 Å². The van der Waals surface area contributed by atoms with Crippen molar-refractivity contribution in [3.8, 4) is 5.88 Å². The molecule has 0 atom stereocenters. The van der Waals surface area contributed by atoms with E-state index in [1.54, 1.807) is 6.20 Å². The zero-order chi connectivity index (χ0) is 13.5. The second kappa shape index (κ2) is 6.85. The highest BCUT2D eigenvalue weighted by Gasteiger charge is 2.01. The molecule has 0 amide bonds. The summed E-state index contributed by atoms with van der Waals surface area (Å²) < 4.78 is 5.70. The zero-order valence-corrected chi connectivity index (χ0v) is 11.4. The second-order valence-electron chi connectivity index (χ2n) is 4.40. The Morgan fingerprint density at radius 2 is 2.16 bits per heavy atom. The van der Waals surface area contributed by atoms with Crippen LogP contribution in [-0.4, -0.2) is 23.6 Å². The van der Waals surface area contributed by atoms with E-state index in [1.807, 2.05) is 38.2 Å². The fraction of sp³-hybridized carbons (Fsp3) is 0.333. The molecule has 0 aliphatic rings. The maximum Gasteiger partial charge on any atom is 0.213 e. The van der Waals surface area contributed by atoms with Gasteiger partial charge in [0.1, 0.15) is 0 Å². The molecule has 2 aromatic rings. The van der Waals surface area contributed by atoms with Gasteiger partial charge in [0.2, 0.25) is 5.88 Å². The topological polar surface area (TPSA) is 47.0 Å². The van der Waals surface area contributed by atoms with Gasteiger partial charge in [-0.05, 0) is 37.7 Å². The molecule has 4 heteroatoms. The van der Waals surface area contributed by atoms with E-state index < -0.39 is 0 Å². The number of ether oxygens (including phenoxy) is 1. The summed E-state index contributed by atoms with van der Waals surface area (Å²) in [6, 6.07) is 9.93. The average molecular weight is 257 g/mol. The first-order valence-electron chi connectivity index (χ1n) is 6.43. The second-order valence-corrected chi connectivity index (χ2v) is 4.40. The van der Waals surface area contributed by atoms with Gasteiger partial charge in [0, 0.05) is 36.6 Å². The molecule has 2 rings (SSSR count). The fourth-order valence-electron chi connectivity index (χ4n) is 1.89. The summed E-state index contributed by atoms with van der Waals surface area (Å²) in [4.78, 5) is 8.64. The summed E-state index contributed by atoms with van der Waals surface area (Å²) in [7, 11) is 1.93. The van der Waals surface area contributed by atoms with Crippen LogP contribution in [0.5, 0.6) is 5.88 Å². The summed E-state index contributed by atoms with van der Waals surface area (Å²) in [5.41, 5.74) is 3.19. The van der Waals surface area contributed by atoms with Crippen molar-refractivity contribution in [1.82, 2.24) is 15.3 Å². The Hall–Kier alpha value is -1.94. The Bertz CT molecular complexity index is 514. The highest BCUT2D eigenvalue weighted by Crippen LogP contribution is 2.12. The fourth-order valence-corrected chi connectivity index (χ4v) is 1.89. The molecule has 0 saturated carbocycles.